The van der Waals surface area contributed by atoms with Crippen LogP contribution in [0.15, 0.2) is 0 Å². The van der Waals surface area contributed by atoms with Gasteiger partial charge in [-0.05, 0) is 20.8 Å². The number of carboxylic acid groups (broad SMARTS) is 1. The summed E-state index contributed by atoms with van der Waals surface area (Å²) >= 11 is 0. The predicted molar refractivity (Wildman–Crippen MR) is 32.8 cm³/mol. The van der Waals surface area contributed by atoms with Crippen molar-refractivity contribution in [1.82, 2.24) is 0 Å². The van der Waals surface area contributed by atoms with Crippen molar-refractivity contribution in [2.45, 2.75) is 20.8 Å². The van der Waals surface area contributed by atoms with E-state index in [-0.39, 0.29) is 26.2 Å². The van der Waals surface area contributed by atoms with Crippen molar-refractivity contribution in [3.63, 3.8) is 0 Å². The van der Waals surface area contributed by atoms with E-state index in [4.69, 9.17) is 5.11 Å². The van der Waals surface area contributed by atoms with Gasteiger partial charge in [-0.2, -0.15) is 0 Å². The quantitative estimate of drug-likeness (QED) is 0.670. The molecule has 0 unspecified atom stereocenters. The molecule has 2 nitrogen and oxygen atoms in total. The summed E-state index contributed by atoms with van der Waals surface area (Å²) in [5, 5.41) is 8.25. The van der Waals surface area contributed by atoms with Crippen LogP contribution in [-0.2, 0) is 4.79 Å². The van der Waals surface area contributed by atoms with Gasteiger partial charge < -0.3 is 5.11 Å². The fraction of sp³-hybridized carbons (Fsp3) is 0.800. The molecule has 3 heteroatoms. The summed E-state index contributed by atoms with van der Waals surface area (Å²) in [6.45, 7) is 4.99. The average molecular weight is 311 g/mol. The van der Waals surface area contributed by atoms with Gasteiger partial charge in [0.05, 0.1) is 5.41 Å². The summed E-state index contributed by atoms with van der Waals surface area (Å²) in [6, 6.07) is 0. The molecule has 0 atom stereocenters. The van der Waals surface area contributed by atoms with E-state index in [1.807, 2.05) is 0 Å². The Morgan fingerprint density at radius 1 is 1.38 bits per heavy atom. The first-order chi connectivity index (χ1) is 2.94. The third-order valence-electron chi connectivity index (χ3n) is 0.642. The SMILES string of the molecule is CC(C)(C)C(=O)O.[Bi]. The van der Waals surface area contributed by atoms with Gasteiger partial charge in [-0.25, -0.2) is 0 Å². The van der Waals surface area contributed by atoms with E-state index in [1.165, 1.54) is 0 Å². The molecular formula is C5H10BiO2. The Morgan fingerprint density at radius 2 is 1.50 bits per heavy atom. The number of hydrogen-bond donors (Lipinski definition) is 1. The van der Waals surface area contributed by atoms with Crippen molar-refractivity contribution in [2.24, 2.45) is 5.41 Å². The maximum atomic E-state index is 10.0. The molecule has 0 aromatic carbocycles. The fourth-order valence-electron chi connectivity index (χ4n) is 0. The second-order valence-electron chi connectivity index (χ2n) is 2.56. The van der Waals surface area contributed by atoms with Gasteiger partial charge in [0.1, 0.15) is 0 Å². The Bertz CT molecular complexity index is 82.9. The van der Waals surface area contributed by atoms with Crippen molar-refractivity contribution >= 4 is 32.2 Å². The van der Waals surface area contributed by atoms with Gasteiger partial charge in [0.2, 0.25) is 0 Å². The average Bonchev–Trinajstić information content (AvgIpc) is 1.31. The van der Waals surface area contributed by atoms with Gasteiger partial charge in [0.15, 0.2) is 0 Å². The molecule has 0 aliphatic heterocycles. The topological polar surface area (TPSA) is 37.3 Å². The molecule has 47 valence electrons. The number of rotatable bonds is 0. The minimum absolute atomic E-state index is 0. The Balaban J connectivity index is 0. The summed E-state index contributed by atoms with van der Waals surface area (Å²) in [7, 11) is 0. The number of carbonyl (C=O) groups is 1. The van der Waals surface area contributed by atoms with Crippen LogP contribution in [0.25, 0.3) is 0 Å². The van der Waals surface area contributed by atoms with Gasteiger partial charge >= 0.3 is 5.97 Å². The largest absolute Gasteiger partial charge is 0.481 e. The number of aliphatic carboxylic acids is 1. The van der Waals surface area contributed by atoms with Crippen LogP contribution in [0.1, 0.15) is 20.8 Å². The minimum Gasteiger partial charge on any atom is -0.481 e. The second-order valence-corrected chi connectivity index (χ2v) is 2.56. The molecule has 0 heterocycles. The van der Waals surface area contributed by atoms with E-state index in [2.05, 4.69) is 0 Å². The van der Waals surface area contributed by atoms with Crippen LogP contribution in [0.4, 0.5) is 0 Å². The summed E-state index contributed by atoms with van der Waals surface area (Å²) in [5.41, 5.74) is -0.583. The maximum absolute atomic E-state index is 10.0. The third-order valence-corrected chi connectivity index (χ3v) is 0.642. The predicted octanol–water partition coefficient (Wildman–Crippen LogP) is 0.736. The zero-order valence-electron chi connectivity index (χ0n) is 5.30. The number of carboxylic acids is 1. The third kappa shape index (κ3) is 4.51. The van der Waals surface area contributed by atoms with Crippen LogP contribution in [-0.4, -0.2) is 37.3 Å². The second kappa shape index (κ2) is 3.39. The molecule has 0 amide bonds. The van der Waals surface area contributed by atoms with E-state index in [1.54, 1.807) is 20.8 Å². The summed E-state index contributed by atoms with van der Waals surface area (Å²) < 4.78 is 0. The summed E-state index contributed by atoms with van der Waals surface area (Å²) in [5.74, 6) is -0.757. The van der Waals surface area contributed by atoms with Gasteiger partial charge in [-0.3, -0.25) is 4.79 Å². The van der Waals surface area contributed by atoms with Crippen LogP contribution in [0.3, 0.4) is 0 Å². The zero-order chi connectivity index (χ0) is 6.08. The smallest absolute Gasteiger partial charge is 0.308 e. The Morgan fingerprint density at radius 3 is 1.50 bits per heavy atom. The Labute approximate surface area is 68.4 Å². The molecule has 0 aliphatic rings. The molecule has 3 radical (unpaired) electrons. The van der Waals surface area contributed by atoms with Crippen molar-refractivity contribution in [3.8, 4) is 0 Å². The molecule has 0 bridgehead atoms. The zero-order valence-corrected chi connectivity index (χ0v) is 8.78. The van der Waals surface area contributed by atoms with E-state index >= 15 is 0 Å². The molecule has 0 aliphatic carbocycles. The summed E-state index contributed by atoms with van der Waals surface area (Å²) in [4.78, 5) is 10.0. The molecule has 0 aromatic heterocycles. The van der Waals surface area contributed by atoms with Crippen LogP contribution < -0.4 is 0 Å². The van der Waals surface area contributed by atoms with Crippen molar-refractivity contribution < 1.29 is 9.90 Å². The monoisotopic (exact) mass is 311 g/mol. The first-order valence-corrected chi connectivity index (χ1v) is 2.18. The molecule has 1 N–H and O–H groups in total. The molecule has 0 spiro atoms. The Hall–Kier alpha value is 0.353. The standard InChI is InChI=1S/C5H10O2.Bi/c1-5(2,3)4(6)7;/h1-3H3,(H,6,7);. The van der Waals surface area contributed by atoms with E-state index < -0.39 is 11.4 Å². The fourth-order valence-corrected chi connectivity index (χ4v) is 0. The Kier molecular flexibility index (Phi) is 4.75. The maximum Gasteiger partial charge on any atom is 0.308 e. The van der Waals surface area contributed by atoms with E-state index in [0.717, 1.165) is 0 Å². The van der Waals surface area contributed by atoms with Gasteiger partial charge in [0.25, 0.3) is 0 Å². The van der Waals surface area contributed by atoms with Gasteiger partial charge in [-0.1, -0.05) is 0 Å². The van der Waals surface area contributed by atoms with Gasteiger partial charge in [-0.15, -0.1) is 0 Å². The molecule has 0 fully saturated rings. The van der Waals surface area contributed by atoms with Crippen molar-refractivity contribution in [3.05, 3.63) is 0 Å². The molecule has 8 heavy (non-hydrogen) atoms. The van der Waals surface area contributed by atoms with Gasteiger partial charge in [0, 0.05) is 26.2 Å². The van der Waals surface area contributed by atoms with Crippen LogP contribution in [0.5, 0.6) is 0 Å². The first kappa shape index (κ1) is 11.2. The van der Waals surface area contributed by atoms with Crippen molar-refractivity contribution in [1.29, 1.82) is 0 Å². The van der Waals surface area contributed by atoms with E-state index in [9.17, 15) is 4.79 Å². The molecule has 0 aromatic rings. The van der Waals surface area contributed by atoms with Crippen LogP contribution in [0, 0.1) is 5.41 Å². The molecule has 0 saturated heterocycles. The van der Waals surface area contributed by atoms with Crippen LogP contribution in [0.2, 0.25) is 0 Å². The minimum atomic E-state index is -0.757. The summed E-state index contributed by atoms with van der Waals surface area (Å²) in [6.07, 6.45) is 0. The molecule has 0 saturated carbocycles. The first-order valence-electron chi connectivity index (χ1n) is 2.18. The molecule has 0 rings (SSSR count). The molecular weight excluding hydrogens is 301 g/mol. The number of hydrogen-bond acceptors (Lipinski definition) is 1. The normalized spacial score (nSPS) is 9.88. The van der Waals surface area contributed by atoms with Crippen molar-refractivity contribution in [2.75, 3.05) is 0 Å². The van der Waals surface area contributed by atoms with Crippen LogP contribution >= 0.6 is 0 Å². The van der Waals surface area contributed by atoms with E-state index in [0.29, 0.717) is 0 Å².